The Hall–Kier alpha value is -1.93. The SMILES string of the molecule is [C-]#[N+]c1ccc(C2CCCc3cnc(C)n32)cc1Sc1ccc(Cl)cc1Cl. The molecule has 4 rings (SSSR count). The molecule has 136 valence electrons. The highest BCUT2D eigenvalue weighted by molar-refractivity contribution is 7.99. The van der Waals surface area contributed by atoms with Crippen molar-refractivity contribution in [2.24, 2.45) is 0 Å². The fraction of sp³-hybridized carbons (Fsp3) is 0.238. The second kappa shape index (κ2) is 7.59. The Morgan fingerprint density at radius 3 is 2.81 bits per heavy atom. The lowest BCUT2D eigenvalue weighted by atomic mass is 9.96. The lowest BCUT2D eigenvalue weighted by Crippen LogP contribution is -2.19. The minimum absolute atomic E-state index is 0.260. The number of hydrogen-bond acceptors (Lipinski definition) is 2. The lowest BCUT2D eigenvalue weighted by molar-refractivity contribution is 0.449. The molecule has 0 radical (unpaired) electrons. The van der Waals surface area contributed by atoms with Gasteiger partial charge in [-0.1, -0.05) is 41.4 Å². The van der Waals surface area contributed by atoms with Gasteiger partial charge >= 0.3 is 0 Å². The summed E-state index contributed by atoms with van der Waals surface area (Å²) in [6.45, 7) is 9.58. The molecule has 1 atom stereocenters. The van der Waals surface area contributed by atoms with E-state index in [9.17, 15) is 0 Å². The van der Waals surface area contributed by atoms with Crippen LogP contribution in [0.5, 0.6) is 0 Å². The summed E-state index contributed by atoms with van der Waals surface area (Å²) in [5.41, 5.74) is 3.12. The first-order valence-electron chi connectivity index (χ1n) is 8.74. The van der Waals surface area contributed by atoms with Gasteiger partial charge in [-0.15, -0.1) is 11.8 Å². The summed E-state index contributed by atoms with van der Waals surface area (Å²) in [6.07, 6.45) is 5.27. The molecule has 27 heavy (non-hydrogen) atoms. The highest BCUT2D eigenvalue weighted by atomic mass is 35.5. The van der Waals surface area contributed by atoms with E-state index in [-0.39, 0.29) is 6.04 Å². The molecule has 0 N–H and O–H groups in total. The minimum atomic E-state index is 0.260. The average Bonchev–Trinajstić information content (AvgIpc) is 3.05. The van der Waals surface area contributed by atoms with Crippen LogP contribution >= 0.6 is 35.0 Å². The fourth-order valence-electron chi connectivity index (χ4n) is 3.62. The van der Waals surface area contributed by atoms with Gasteiger partial charge in [0.2, 0.25) is 5.69 Å². The predicted octanol–water partition coefficient (Wildman–Crippen LogP) is 7.13. The second-order valence-electron chi connectivity index (χ2n) is 6.59. The number of hydrogen-bond donors (Lipinski definition) is 0. The molecule has 1 aromatic heterocycles. The van der Waals surface area contributed by atoms with Gasteiger partial charge < -0.3 is 4.57 Å². The van der Waals surface area contributed by atoms with E-state index in [2.05, 4.69) is 33.5 Å². The monoisotopic (exact) mass is 413 g/mol. The van der Waals surface area contributed by atoms with Crippen molar-refractivity contribution in [3.63, 3.8) is 0 Å². The fourth-order valence-corrected chi connectivity index (χ4v) is 5.09. The number of rotatable bonds is 3. The van der Waals surface area contributed by atoms with E-state index in [1.54, 1.807) is 6.07 Å². The standard InChI is InChI=1S/C21H17Cl2N3S/c1-13-25-12-16-4-3-5-19(26(13)16)14-6-8-18(24-2)21(10-14)27-20-9-7-15(22)11-17(20)23/h6-12,19H,3-5H2,1H3. The number of aromatic nitrogens is 2. The van der Waals surface area contributed by atoms with E-state index in [0.717, 1.165) is 34.9 Å². The topological polar surface area (TPSA) is 22.2 Å². The zero-order chi connectivity index (χ0) is 19.0. The maximum Gasteiger partial charge on any atom is 0.200 e. The van der Waals surface area contributed by atoms with Crippen molar-refractivity contribution in [1.82, 2.24) is 9.55 Å². The van der Waals surface area contributed by atoms with Crippen LogP contribution in [-0.4, -0.2) is 9.55 Å². The van der Waals surface area contributed by atoms with Crippen molar-refractivity contribution in [1.29, 1.82) is 0 Å². The molecule has 0 bridgehead atoms. The number of nitrogens with zero attached hydrogens (tertiary/aromatic N) is 3. The van der Waals surface area contributed by atoms with Crippen LogP contribution in [0.3, 0.4) is 0 Å². The van der Waals surface area contributed by atoms with E-state index in [1.807, 2.05) is 24.4 Å². The van der Waals surface area contributed by atoms with Gasteiger partial charge in [-0.2, -0.15) is 0 Å². The number of aryl methyl sites for hydroxylation is 2. The quantitative estimate of drug-likeness (QED) is 0.426. The van der Waals surface area contributed by atoms with Crippen LogP contribution < -0.4 is 0 Å². The van der Waals surface area contributed by atoms with Crippen LogP contribution in [0.1, 0.15) is 36.0 Å². The highest BCUT2D eigenvalue weighted by Gasteiger charge is 2.24. The van der Waals surface area contributed by atoms with E-state index < -0.39 is 0 Å². The molecular weight excluding hydrogens is 397 g/mol. The molecule has 3 nitrogen and oxygen atoms in total. The summed E-state index contributed by atoms with van der Waals surface area (Å²) in [7, 11) is 0. The average molecular weight is 414 g/mol. The number of halogens is 2. The first-order valence-corrected chi connectivity index (χ1v) is 10.3. The summed E-state index contributed by atoms with van der Waals surface area (Å²) in [5.74, 6) is 1.04. The molecule has 6 heteroatoms. The highest BCUT2D eigenvalue weighted by Crippen LogP contribution is 2.42. The zero-order valence-electron chi connectivity index (χ0n) is 14.7. The Morgan fingerprint density at radius 1 is 1.19 bits per heavy atom. The van der Waals surface area contributed by atoms with Gasteiger partial charge in [0, 0.05) is 26.7 Å². The van der Waals surface area contributed by atoms with Gasteiger partial charge in [0.05, 0.1) is 17.6 Å². The van der Waals surface area contributed by atoms with Crippen molar-refractivity contribution in [2.75, 3.05) is 0 Å². The molecule has 0 spiro atoms. The molecule has 2 heterocycles. The third kappa shape index (κ3) is 3.60. The van der Waals surface area contributed by atoms with E-state index >= 15 is 0 Å². The molecule has 1 aliphatic heterocycles. The molecule has 1 unspecified atom stereocenters. The van der Waals surface area contributed by atoms with Crippen LogP contribution in [-0.2, 0) is 6.42 Å². The largest absolute Gasteiger partial charge is 0.325 e. The van der Waals surface area contributed by atoms with Crippen molar-refractivity contribution in [2.45, 2.75) is 42.0 Å². The maximum absolute atomic E-state index is 7.52. The summed E-state index contributed by atoms with van der Waals surface area (Å²) in [6, 6.07) is 11.8. The molecule has 0 saturated carbocycles. The smallest absolute Gasteiger partial charge is 0.200 e. The Kier molecular flexibility index (Phi) is 5.19. The van der Waals surface area contributed by atoms with Crippen LogP contribution in [0.25, 0.3) is 4.85 Å². The first kappa shape index (κ1) is 18.4. The second-order valence-corrected chi connectivity index (χ2v) is 8.52. The van der Waals surface area contributed by atoms with E-state index in [0.29, 0.717) is 15.7 Å². The molecule has 3 aromatic rings. The van der Waals surface area contributed by atoms with Gasteiger partial charge in [-0.25, -0.2) is 9.83 Å². The lowest BCUT2D eigenvalue weighted by Gasteiger charge is -2.28. The molecule has 2 aromatic carbocycles. The van der Waals surface area contributed by atoms with Crippen LogP contribution in [0.2, 0.25) is 10.0 Å². The van der Waals surface area contributed by atoms with Crippen LogP contribution in [0.15, 0.2) is 52.4 Å². The summed E-state index contributed by atoms with van der Waals surface area (Å²) < 4.78 is 2.33. The van der Waals surface area contributed by atoms with E-state index in [4.69, 9.17) is 29.8 Å². The van der Waals surface area contributed by atoms with Crippen LogP contribution in [0.4, 0.5) is 5.69 Å². The molecule has 0 saturated heterocycles. The Balaban J connectivity index is 1.74. The summed E-state index contributed by atoms with van der Waals surface area (Å²) in [4.78, 5) is 10.00. The molecule has 0 aliphatic carbocycles. The molecule has 0 fully saturated rings. The maximum atomic E-state index is 7.52. The van der Waals surface area contributed by atoms with E-state index in [1.165, 1.54) is 23.0 Å². The van der Waals surface area contributed by atoms with Crippen molar-refractivity contribution < 1.29 is 0 Å². The van der Waals surface area contributed by atoms with Crippen LogP contribution in [0, 0.1) is 13.5 Å². The third-order valence-corrected chi connectivity index (χ3v) is 6.67. The van der Waals surface area contributed by atoms with Gasteiger partial charge in [-0.3, -0.25) is 0 Å². The van der Waals surface area contributed by atoms with Crippen molar-refractivity contribution >= 4 is 40.7 Å². The predicted molar refractivity (Wildman–Crippen MR) is 111 cm³/mol. The zero-order valence-corrected chi connectivity index (χ0v) is 17.1. The first-order chi connectivity index (χ1) is 13.1. The van der Waals surface area contributed by atoms with Gasteiger partial charge in [0.15, 0.2) is 0 Å². The number of fused-ring (bicyclic) bond motifs is 1. The molecule has 0 amide bonds. The molecular formula is C21H17Cl2N3S. The number of benzene rings is 2. The summed E-state index contributed by atoms with van der Waals surface area (Å²) in [5, 5.41) is 1.20. The third-order valence-electron chi connectivity index (χ3n) is 4.88. The van der Waals surface area contributed by atoms with Gasteiger partial charge in [0.1, 0.15) is 5.82 Å². The Bertz CT molecular complexity index is 1050. The van der Waals surface area contributed by atoms with Gasteiger partial charge in [-0.05, 0) is 49.9 Å². The minimum Gasteiger partial charge on any atom is -0.325 e. The normalized spacial score (nSPS) is 16.0. The van der Waals surface area contributed by atoms with Crippen molar-refractivity contribution in [3.05, 3.63) is 81.1 Å². The Morgan fingerprint density at radius 2 is 2.04 bits per heavy atom. The van der Waals surface area contributed by atoms with Crippen molar-refractivity contribution in [3.8, 4) is 0 Å². The number of imidazole rings is 1. The van der Waals surface area contributed by atoms with Gasteiger partial charge in [0.25, 0.3) is 0 Å². The molecule has 1 aliphatic rings. The Labute approximate surface area is 173 Å². The summed E-state index contributed by atoms with van der Waals surface area (Å²) >= 11 is 13.9.